The molecule has 12 heteroatoms. The van der Waals surface area contributed by atoms with E-state index in [2.05, 4.69) is 5.32 Å². The quantitative estimate of drug-likeness (QED) is 0.414. The Morgan fingerprint density at radius 3 is 2.40 bits per heavy atom. The van der Waals surface area contributed by atoms with Crippen LogP contribution in [0.5, 0.6) is 11.5 Å². The summed E-state index contributed by atoms with van der Waals surface area (Å²) >= 11 is 12.5. The molecule has 0 spiro atoms. The summed E-state index contributed by atoms with van der Waals surface area (Å²) in [5.74, 6) is -0.173. The van der Waals surface area contributed by atoms with Gasteiger partial charge in [0.2, 0.25) is 21.8 Å². The first-order chi connectivity index (χ1) is 19.1. The zero-order valence-corrected chi connectivity index (χ0v) is 25.0. The van der Waals surface area contributed by atoms with Crippen LogP contribution in [0.15, 0.2) is 36.4 Å². The number of nitrogens with zero attached hydrogens (tertiary/aromatic N) is 2. The topological polar surface area (TPSA) is 105 Å². The van der Waals surface area contributed by atoms with Gasteiger partial charge >= 0.3 is 0 Å². The Morgan fingerprint density at radius 1 is 1.02 bits per heavy atom. The molecule has 0 aromatic heterocycles. The van der Waals surface area contributed by atoms with Crippen molar-refractivity contribution in [1.82, 2.24) is 10.2 Å². The van der Waals surface area contributed by atoms with Crippen LogP contribution >= 0.6 is 23.2 Å². The highest BCUT2D eigenvalue weighted by Crippen LogP contribution is 2.35. The van der Waals surface area contributed by atoms with Gasteiger partial charge in [-0.25, -0.2) is 8.42 Å². The second kappa shape index (κ2) is 13.3. The zero-order chi connectivity index (χ0) is 28.9. The predicted molar refractivity (Wildman–Crippen MR) is 156 cm³/mol. The van der Waals surface area contributed by atoms with Gasteiger partial charge in [-0.05, 0) is 56.5 Å². The second-order valence-electron chi connectivity index (χ2n) is 10.0. The van der Waals surface area contributed by atoms with Gasteiger partial charge < -0.3 is 19.7 Å². The van der Waals surface area contributed by atoms with Crippen LogP contribution in [-0.2, 0) is 26.2 Å². The Labute approximate surface area is 245 Å². The van der Waals surface area contributed by atoms with Gasteiger partial charge in [0.05, 0.1) is 11.4 Å². The number of amides is 2. The van der Waals surface area contributed by atoms with Crippen LogP contribution < -0.4 is 19.1 Å². The number of sulfonamides is 1. The number of hydrogen-bond donors (Lipinski definition) is 1. The molecule has 2 aromatic rings. The van der Waals surface area contributed by atoms with Crippen molar-refractivity contribution in [2.75, 3.05) is 29.8 Å². The second-order valence-corrected chi connectivity index (χ2v) is 13.0. The SMILES string of the molecule is CCS(=O)(=O)N(CC(=O)N(Cc1ccc(Cl)cc1Cl)[C@@H](C)C(=O)NC1CCCCC1)c1ccc2c(c1)OCCO2. The summed E-state index contributed by atoms with van der Waals surface area (Å²) in [6.07, 6.45) is 5.01. The Hall–Kier alpha value is -2.69. The molecule has 218 valence electrons. The van der Waals surface area contributed by atoms with E-state index in [0.717, 1.165) is 36.4 Å². The molecule has 1 N–H and O–H groups in total. The lowest BCUT2D eigenvalue weighted by atomic mass is 9.95. The van der Waals surface area contributed by atoms with E-state index in [1.807, 2.05) is 0 Å². The summed E-state index contributed by atoms with van der Waals surface area (Å²) in [7, 11) is -3.88. The highest BCUT2D eigenvalue weighted by molar-refractivity contribution is 7.92. The van der Waals surface area contributed by atoms with Crippen molar-refractivity contribution >= 4 is 50.7 Å². The van der Waals surface area contributed by atoms with E-state index in [1.165, 1.54) is 11.8 Å². The van der Waals surface area contributed by atoms with E-state index >= 15 is 0 Å². The number of halogens is 2. The number of hydrogen-bond acceptors (Lipinski definition) is 6. The minimum atomic E-state index is -3.88. The Kier molecular flexibility index (Phi) is 10.1. The number of benzene rings is 2. The van der Waals surface area contributed by atoms with Crippen LogP contribution in [0, 0.1) is 0 Å². The molecule has 2 aliphatic rings. The summed E-state index contributed by atoms with van der Waals surface area (Å²) in [4.78, 5) is 28.6. The lowest BCUT2D eigenvalue weighted by Gasteiger charge is -2.33. The maximum Gasteiger partial charge on any atom is 0.244 e. The molecule has 0 saturated heterocycles. The molecular formula is C28H35Cl2N3O6S. The summed E-state index contributed by atoms with van der Waals surface area (Å²) in [6, 6.07) is 8.83. The van der Waals surface area contributed by atoms with Gasteiger partial charge in [-0.15, -0.1) is 0 Å². The van der Waals surface area contributed by atoms with Gasteiger partial charge in [0.1, 0.15) is 25.8 Å². The fraction of sp³-hybridized carbons (Fsp3) is 0.500. The molecule has 1 heterocycles. The molecule has 2 amide bonds. The van der Waals surface area contributed by atoms with Crippen molar-refractivity contribution < 1.29 is 27.5 Å². The van der Waals surface area contributed by atoms with Crippen LogP contribution in [0.4, 0.5) is 5.69 Å². The first-order valence-electron chi connectivity index (χ1n) is 13.5. The molecule has 1 fully saturated rings. The monoisotopic (exact) mass is 611 g/mol. The molecule has 4 rings (SSSR count). The minimum Gasteiger partial charge on any atom is -0.486 e. The van der Waals surface area contributed by atoms with E-state index in [4.69, 9.17) is 32.7 Å². The molecule has 0 radical (unpaired) electrons. The van der Waals surface area contributed by atoms with E-state index in [-0.39, 0.29) is 29.9 Å². The smallest absolute Gasteiger partial charge is 0.244 e. The number of nitrogens with one attached hydrogen (secondary N) is 1. The van der Waals surface area contributed by atoms with Crippen molar-refractivity contribution in [3.63, 3.8) is 0 Å². The lowest BCUT2D eigenvalue weighted by Crippen LogP contribution is -2.53. The van der Waals surface area contributed by atoms with E-state index in [1.54, 1.807) is 43.3 Å². The van der Waals surface area contributed by atoms with E-state index in [0.29, 0.717) is 40.3 Å². The number of carbonyl (C=O) groups is 2. The minimum absolute atomic E-state index is 0.00472. The largest absolute Gasteiger partial charge is 0.486 e. The fourth-order valence-electron chi connectivity index (χ4n) is 4.89. The maximum absolute atomic E-state index is 13.9. The van der Waals surface area contributed by atoms with Gasteiger partial charge in [-0.3, -0.25) is 13.9 Å². The predicted octanol–water partition coefficient (Wildman–Crippen LogP) is 4.79. The highest BCUT2D eigenvalue weighted by atomic mass is 35.5. The average Bonchev–Trinajstić information content (AvgIpc) is 2.95. The number of carbonyl (C=O) groups excluding carboxylic acids is 2. The molecule has 1 atom stereocenters. The standard InChI is InChI=1S/C28H35Cl2N3O6S/c1-3-40(36,37)33(23-11-12-25-26(16-23)39-14-13-38-25)18-27(34)32(17-20-9-10-21(29)15-24(20)30)19(2)28(35)31-22-7-5-4-6-8-22/h9-12,15-16,19,22H,3-8,13-14,17-18H2,1-2H3,(H,31,35)/t19-/m0/s1. The lowest BCUT2D eigenvalue weighted by molar-refractivity contribution is -0.139. The third-order valence-electron chi connectivity index (χ3n) is 7.27. The Balaban J connectivity index is 1.63. The molecule has 2 aromatic carbocycles. The Morgan fingerprint density at radius 2 is 1.73 bits per heavy atom. The summed E-state index contributed by atoms with van der Waals surface area (Å²) in [5.41, 5.74) is 0.851. The normalized spacial score (nSPS) is 16.2. The number of ether oxygens (including phenoxy) is 2. The van der Waals surface area contributed by atoms with Crippen molar-refractivity contribution in [1.29, 1.82) is 0 Å². The molecule has 0 unspecified atom stereocenters. The van der Waals surface area contributed by atoms with Crippen LogP contribution in [0.25, 0.3) is 0 Å². The number of rotatable bonds is 10. The summed E-state index contributed by atoms with van der Waals surface area (Å²) < 4.78 is 38.7. The van der Waals surface area contributed by atoms with E-state index in [9.17, 15) is 18.0 Å². The van der Waals surface area contributed by atoms with Crippen LogP contribution in [-0.4, -0.2) is 62.7 Å². The summed E-state index contributed by atoms with van der Waals surface area (Å²) in [5, 5.41) is 3.86. The zero-order valence-electron chi connectivity index (χ0n) is 22.7. The molecule has 0 bridgehead atoms. The van der Waals surface area contributed by atoms with E-state index < -0.39 is 28.5 Å². The number of fused-ring (bicyclic) bond motifs is 1. The van der Waals surface area contributed by atoms with Crippen LogP contribution in [0.1, 0.15) is 51.5 Å². The summed E-state index contributed by atoms with van der Waals surface area (Å²) in [6.45, 7) is 3.36. The van der Waals surface area contributed by atoms with Gasteiger partial charge in [0, 0.05) is 28.7 Å². The molecule has 1 aliphatic carbocycles. The van der Waals surface area contributed by atoms with Crippen LogP contribution in [0.3, 0.4) is 0 Å². The highest BCUT2D eigenvalue weighted by Gasteiger charge is 2.32. The first-order valence-corrected chi connectivity index (χ1v) is 15.9. The van der Waals surface area contributed by atoms with Crippen molar-refractivity contribution in [2.24, 2.45) is 0 Å². The average molecular weight is 613 g/mol. The van der Waals surface area contributed by atoms with Crippen molar-refractivity contribution in [3.8, 4) is 11.5 Å². The fourth-order valence-corrected chi connectivity index (χ4v) is 6.41. The first kappa shape index (κ1) is 30.3. The molecular weight excluding hydrogens is 577 g/mol. The van der Waals surface area contributed by atoms with Gasteiger partial charge in [-0.1, -0.05) is 48.5 Å². The van der Waals surface area contributed by atoms with Crippen molar-refractivity contribution in [2.45, 2.75) is 64.6 Å². The molecule has 1 saturated carbocycles. The third-order valence-corrected chi connectivity index (χ3v) is 9.60. The van der Waals surface area contributed by atoms with Crippen LogP contribution in [0.2, 0.25) is 10.0 Å². The van der Waals surface area contributed by atoms with Gasteiger partial charge in [-0.2, -0.15) is 0 Å². The molecule has 9 nitrogen and oxygen atoms in total. The molecule has 40 heavy (non-hydrogen) atoms. The van der Waals surface area contributed by atoms with Crippen molar-refractivity contribution in [3.05, 3.63) is 52.0 Å². The van der Waals surface area contributed by atoms with Gasteiger partial charge in [0.15, 0.2) is 11.5 Å². The Bertz CT molecular complexity index is 1330. The number of anilines is 1. The third kappa shape index (κ3) is 7.33. The van der Waals surface area contributed by atoms with Gasteiger partial charge in [0.25, 0.3) is 0 Å². The maximum atomic E-state index is 13.9. The molecule has 1 aliphatic heterocycles.